The molecule has 5 nitrogen and oxygen atoms in total. The summed E-state index contributed by atoms with van der Waals surface area (Å²) >= 11 is 0. The van der Waals surface area contributed by atoms with E-state index in [2.05, 4.69) is 10.0 Å². The molecular weight excluding hydrogens is 434 g/mol. The van der Waals surface area contributed by atoms with Gasteiger partial charge in [0, 0.05) is 13.1 Å². The lowest BCUT2D eigenvalue weighted by atomic mass is 9.95. The fraction of sp³-hybridized carbons (Fsp3) is 0.208. The Morgan fingerprint density at radius 1 is 0.844 bits per heavy atom. The van der Waals surface area contributed by atoms with Crippen LogP contribution in [0.3, 0.4) is 0 Å². The van der Waals surface area contributed by atoms with Crippen molar-refractivity contribution in [2.45, 2.75) is 36.2 Å². The van der Waals surface area contributed by atoms with Gasteiger partial charge in [0.1, 0.15) is 11.6 Å². The molecule has 8 heteroatoms. The number of amides is 1. The van der Waals surface area contributed by atoms with E-state index in [4.69, 9.17) is 0 Å². The van der Waals surface area contributed by atoms with E-state index < -0.39 is 21.3 Å². The van der Waals surface area contributed by atoms with E-state index in [1.54, 1.807) is 30.3 Å². The normalized spacial score (nSPS) is 14.7. The van der Waals surface area contributed by atoms with Gasteiger partial charge in [0.2, 0.25) is 15.9 Å². The van der Waals surface area contributed by atoms with Crippen molar-refractivity contribution in [3.05, 3.63) is 101 Å². The van der Waals surface area contributed by atoms with Crippen LogP contribution in [0.1, 0.15) is 29.5 Å². The van der Waals surface area contributed by atoms with E-state index in [9.17, 15) is 22.0 Å². The Bertz CT molecular complexity index is 1240. The molecule has 0 radical (unpaired) electrons. The summed E-state index contributed by atoms with van der Waals surface area (Å²) in [4.78, 5) is 12.8. The minimum absolute atomic E-state index is 0.0404. The Kier molecular flexibility index (Phi) is 6.08. The van der Waals surface area contributed by atoms with Gasteiger partial charge in [-0.3, -0.25) is 4.79 Å². The Morgan fingerprint density at radius 3 is 2.16 bits per heavy atom. The van der Waals surface area contributed by atoms with E-state index in [1.807, 2.05) is 0 Å². The molecule has 1 aliphatic rings. The third-order valence-corrected chi connectivity index (χ3v) is 7.00. The second-order valence-electron chi connectivity index (χ2n) is 7.87. The van der Waals surface area contributed by atoms with E-state index in [-0.39, 0.29) is 29.7 Å². The molecule has 0 aliphatic heterocycles. The number of hydrogen-bond donors (Lipinski definition) is 2. The van der Waals surface area contributed by atoms with Crippen molar-refractivity contribution in [1.29, 1.82) is 0 Å². The molecule has 0 heterocycles. The summed E-state index contributed by atoms with van der Waals surface area (Å²) in [6, 6.07) is 17.9. The summed E-state index contributed by atoms with van der Waals surface area (Å²) < 4.78 is 54.2. The smallest absolute Gasteiger partial charge is 0.240 e. The van der Waals surface area contributed by atoms with Crippen molar-refractivity contribution >= 4 is 15.9 Å². The van der Waals surface area contributed by atoms with Crippen molar-refractivity contribution in [3.8, 4) is 0 Å². The number of rotatable bonds is 8. The Morgan fingerprint density at radius 2 is 1.50 bits per heavy atom. The lowest BCUT2D eigenvalue weighted by molar-refractivity contribution is -0.123. The lowest BCUT2D eigenvalue weighted by Crippen LogP contribution is -2.34. The minimum Gasteiger partial charge on any atom is -0.351 e. The van der Waals surface area contributed by atoms with Gasteiger partial charge in [-0.25, -0.2) is 21.9 Å². The van der Waals surface area contributed by atoms with E-state index >= 15 is 0 Å². The quantitative estimate of drug-likeness (QED) is 0.542. The number of nitrogens with one attached hydrogen (secondary N) is 2. The van der Waals surface area contributed by atoms with Crippen LogP contribution in [0.4, 0.5) is 8.78 Å². The molecule has 1 amide bonds. The zero-order valence-corrected chi connectivity index (χ0v) is 18.0. The molecule has 4 rings (SSSR count). The maximum Gasteiger partial charge on any atom is 0.240 e. The summed E-state index contributed by atoms with van der Waals surface area (Å²) in [7, 11) is -3.82. The van der Waals surface area contributed by atoms with E-state index in [0.717, 1.165) is 5.56 Å². The third kappa shape index (κ3) is 4.87. The second-order valence-corrected chi connectivity index (χ2v) is 9.64. The summed E-state index contributed by atoms with van der Waals surface area (Å²) in [6.45, 7) is 0.121. The van der Waals surface area contributed by atoms with Crippen molar-refractivity contribution in [1.82, 2.24) is 10.0 Å². The molecule has 0 saturated heterocycles. The average molecular weight is 457 g/mol. The maximum atomic E-state index is 13.3. The number of sulfonamides is 1. The van der Waals surface area contributed by atoms with Gasteiger partial charge in [-0.1, -0.05) is 36.4 Å². The molecule has 32 heavy (non-hydrogen) atoms. The molecule has 2 N–H and O–H groups in total. The van der Waals surface area contributed by atoms with Gasteiger partial charge in [0.25, 0.3) is 0 Å². The van der Waals surface area contributed by atoms with Gasteiger partial charge in [-0.05, 0) is 65.9 Å². The topological polar surface area (TPSA) is 75.3 Å². The molecule has 3 aromatic rings. The minimum atomic E-state index is -3.82. The standard InChI is InChI=1S/C24H22F2N2O3S/c25-20-9-7-19(8-10-20)24(11-12-24)23(29)27-15-18-4-2-6-22(14-18)32(30,31)28-16-17-3-1-5-21(26)13-17/h1-10,13-14,28H,11-12,15-16H2,(H,27,29). The summed E-state index contributed by atoms with van der Waals surface area (Å²) in [5, 5.41) is 2.87. The van der Waals surface area contributed by atoms with Crippen LogP contribution in [0, 0.1) is 11.6 Å². The lowest BCUT2D eigenvalue weighted by Gasteiger charge is -2.16. The Labute approximate surface area is 185 Å². The van der Waals surface area contributed by atoms with Crippen molar-refractivity contribution in [3.63, 3.8) is 0 Å². The summed E-state index contributed by atoms with van der Waals surface area (Å²) in [5.74, 6) is -0.955. The Hall–Kier alpha value is -3.10. The molecule has 1 saturated carbocycles. The molecule has 1 aliphatic carbocycles. The molecule has 0 bridgehead atoms. The predicted molar refractivity (Wildman–Crippen MR) is 116 cm³/mol. The maximum absolute atomic E-state index is 13.3. The summed E-state index contributed by atoms with van der Waals surface area (Å²) in [5.41, 5.74) is 1.26. The summed E-state index contributed by atoms with van der Waals surface area (Å²) in [6.07, 6.45) is 1.37. The first-order valence-corrected chi connectivity index (χ1v) is 11.6. The average Bonchev–Trinajstić information content (AvgIpc) is 3.59. The molecule has 0 spiro atoms. The predicted octanol–water partition coefficient (Wildman–Crippen LogP) is 3.79. The number of hydrogen-bond acceptors (Lipinski definition) is 3. The van der Waals surface area contributed by atoms with E-state index in [0.29, 0.717) is 24.0 Å². The van der Waals surface area contributed by atoms with Crippen LogP contribution < -0.4 is 10.0 Å². The molecule has 1 fully saturated rings. The largest absolute Gasteiger partial charge is 0.351 e. The molecular formula is C24H22F2N2O3S. The molecule has 0 atom stereocenters. The fourth-order valence-electron chi connectivity index (χ4n) is 3.62. The first-order valence-electron chi connectivity index (χ1n) is 10.2. The number of carbonyl (C=O) groups excluding carboxylic acids is 1. The zero-order valence-electron chi connectivity index (χ0n) is 17.1. The molecule has 3 aromatic carbocycles. The van der Waals surface area contributed by atoms with Crippen LogP contribution in [0.5, 0.6) is 0 Å². The van der Waals surface area contributed by atoms with E-state index in [1.165, 1.54) is 42.5 Å². The second kappa shape index (κ2) is 8.80. The van der Waals surface area contributed by atoms with Crippen molar-refractivity contribution < 1.29 is 22.0 Å². The first kappa shape index (κ1) is 22.1. The van der Waals surface area contributed by atoms with Crippen molar-refractivity contribution in [2.75, 3.05) is 0 Å². The highest BCUT2D eigenvalue weighted by Crippen LogP contribution is 2.48. The van der Waals surface area contributed by atoms with Gasteiger partial charge in [0.05, 0.1) is 10.3 Å². The molecule has 0 aromatic heterocycles. The molecule has 166 valence electrons. The van der Waals surface area contributed by atoms with Gasteiger partial charge in [0.15, 0.2) is 0 Å². The highest BCUT2D eigenvalue weighted by Gasteiger charge is 2.51. The van der Waals surface area contributed by atoms with Gasteiger partial charge < -0.3 is 5.32 Å². The SMILES string of the molecule is O=C(NCc1cccc(S(=O)(=O)NCc2cccc(F)c2)c1)C1(c2ccc(F)cc2)CC1. The third-order valence-electron chi connectivity index (χ3n) is 5.60. The number of benzene rings is 3. The van der Waals surface area contributed by atoms with Gasteiger partial charge in [-0.15, -0.1) is 0 Å². The van der Waals surface area contributed by atoms with Crippen LogP contribution in [0.2, 0.25) is 0 Å². The first-order chi connectivity index (χ1) is 15.3. The Balaban J connectivity index is 1.40. The van der Waals surface area contributed by atoms with Crippen LogP contribution in [-0.2, 0) is 33.3 Å². The number of carbonyl (C=O) groups is 1. The zero-order chi connectivity index (χ0) is 22.8. The molecule has 0 unspecified atom stereocenters. The van der Waals surface area contributed by atoms with Gasteiger partial charge in [-0.2, -0.15) is 0 Å². The van der Waals surface area contributed by atoms with Crippen LogP contribution in [0.25, 0.3) is 0 Å². The highest BCUT2D eigenvalue weighted by atomic mass is 32.2. The van der Waals surface area contributed by atoms with Crippen LogP contribution >= 0.6 is 0 Å². The highest BCUT2D eigenvalue weighted by molar-refractivity contribution is 7.89. The van der Waals surface area contributed by atoms with Crippen LogP contribution in [0.15, 0.2) is 77.7 Å². The van der Waals surface area contributed by atoms with Crippen LogP contribution in [-0.4, -0.2) is 14.3 Å². The monoisotopic (exact) mass is 456 g/mol. The fourth-order valence-corrected chi connectivity index (χ4v) is 4.71. The number of halogens is 2. The van der Waals surface area contributed by atoms with Crippen molar-refractivity contribution in [2.24, 2.45) is 0 Å². The van der Waals surface area contributed by atoms with Gasteiger partial charge >= 0.3 is 0 Å².